The van der Waals surface area contributed by atoms with Crippen molar-refractivity contribution in [1.29, 1.82) is 0 Å². The third kappa shape index (κ3) is 2.74. The van der Waals surface area contributed by atoms with Gasteiger partial charge in [0.1, 0.15) is 0 Å². The molecule has 0 aliphatic heterocycles. The second-order valence-electron chi connectivity index (χ2n) is 5.68. The number of para-hydroxylation sites is 1. The average Bonchev–Trinajstić information content (AvgIpc) is 2.64. The van der Waals surface area contributed by atoms with Crippen molar-refractivity contribution in [2.75, 3.05) is 0 Å². The summed E-state index contributed by atoms with van der Waals surface area (Å²) < 4.78 is 0. The molecule has 1 aromatic heterocycles. The number of pyridine rings is 1. The summed E-state index contributed by atoms with van der Waals surface area (Å²) in [6.07, 6.45) is 0. The first-order valence-electron chi connectivity index (χ1n) is 7.87. The lowest BCUT2D eigenvalue weighted by Gasteiger charge is -2.18. The van der Waals surface area contributed by atoms with E-state index in [1.54, 1.807) is 0 Å². The van der Waals surface area contributed by atoms with Gasteiger partial charge < -0.3 is 0 Å². The van der Waals surface area contributed by atoms with Crippen molar-refractivity contribution in [1.82, 2.24) is 4.98 Å². The van der Waals surface area contributed by atoms with E-state index < -0.39 is 0 Å². The highest BCUT2D eigenvalue weighted by Gasteiger charge is 2.17. The van der Waals surface area contributed by atoms with Gasteiger partial charge in [-0.25, -0.2) is 0 Å². The molecule has 4 aromatic rings. The van der Waals surface area contributed by atoms with Crippen LogP contribution in [0.25, 0.3) is 10.9 Å². The average molecular weight is 295 g/mol. The first-order chi connectivity index (χ1) is 11.4. The maximum atomic E-state index is 4.93. The molecule has 0 radical (unpaired) electrons. The second kappa shape index (κ2) is 6.05. The summed E-state index contributed by atoms with van der Waals surface area (Å²) in [6.45, 7) is 0. The molecule has 0 fully saturated rings. The molecule has 0 spiro atoms. The van der Waals surface area contributed by atoms with Gasteiger partial charge in [0.05, 0.1) is 17.1 Å². The van der Waals surface area contributed by atoms with Crippen LogP contribution >= 0.6 is 0 Å². The number of aromatic nitrogens is 1. The molecule has 0 bridgehead atoms. The minimum atomic E-state index is 0.155. The molecule has 0 N–H and O–H groups in total. The van der Waals surface area contributed by atoms with Crippen LogP contribution in [-0.4, -0.2) is 4.98 Å². The maximum Gasteiger partial charge on any atom is 0.0705 e. The van der Waals surface area contributed by atoms with Crippen molar-refractivity contribution in [2.24, 2.45) is 0 Å². The zero-order valence-electron chi connectivity index (χ0n) is 12.8. The van der Waals surface area contributed by atoms with Crippen molar-refractivity contribution >= 4 is 10.9 Å². The van der Waals surface area contributed by atoms with E-state index in [9.17, 15) is 0 Å². The summed E-state index contributed by atoms with van der Waals surface area (Å²) >= 11 is 0. The summed E-state index contributed by atoms with van der Waals surface area (Å²) in [4.78, 5) is 4.93. The molecule has 0 aliphatic carbocycles. The fourth-order valence-electron chi connectivity index (χ4n) is 3.07. The van der Waals surface area contributed by atoms with Crippen molar-refractivity contribution in [3.8, 4) is 0 Å². The van der Waals surface area contributed by atoms with Crippen LogP contribution in [-0.2, 0) is 0 Å². The molecule has 110 valence electrons. The van der Waals surface area contributed by atoms with E-state index in [0.717, 1.165) is 11.2 Å². The van der Waals surface area contributed by atoms with Crippen molar-refractivity contribution in [3.63, 3.8) is 0 Å². The highest BCUT2D eigenvalue weighted by Crippen LogP contribution is 2.31. The van der Waals surface area contributed by atoms with Gasteiger partial charge in [-0.1, -0.05) is 84.9 Å². The molecule has 0 saturated heterocycles. The number of benzene rings is 3. The van der Waals surface area contributed by atoms with Crippen molar-refractivity contribution < 1.29 is 0 Å². The number of nitrogens with zero attached hydrogens (tertiary/aromatic N) is 1. The van der Waals surface area contributed by atoms with Gasteiger partial charge in [0.2, 0.25) is 0 Å². The molecule has 23 heavy (non-hydrogen) atoms. The number of hydrogen-bond acceptors (Lipinski definition) is 1. The number of rotatable bonds is 3. The van der Waals surface area contributed by atoms with Crippen LogP contribution in [0.1, 0.15) is 22.7 Å². The molecule has 0 aliphatic rings. The lowest BCUT2D eigenvalue weighted by molar-refractivity contribution is 0.929. The predicted octanol–water partition coefficient (Wildman–Crippen LogP) is 5.42. The van der Waals surface area contributed by atoms with Crippen LogP contribution in [0.4, 0.5) is 0 Å². The zero-order valence-corrected chi connectivity index (χ0v) is 12.8. The molecule has 0 unspecified atom stereocenters. The van der Waals surface area contributed by atoms with E-state index in [2.05, 4.69) is 91.0 Å². The molecule has 1 heterocycles. The normalized spacial score (nSPS) is 11.0. The Morgan fingerprint density at radius 1 is 0.522 bits per heavy atom. The smallest absolute Gasteiger partial charge is 0.0705 e. The summed E-state index contributed by atoms with van der Waals surface area (Å²) in [5.41, 5.74) is 4.66. The summed E-state index contributed by atoms with van der Waals surface area (Å²) in [5.74, 6) is 0.155. The molecule has 0 amide bonds. The van der Waals surface area contributed by atoms with Crippen LogP contribution in [0.5, 0.6) is 0 Å². The Balaban J connectivity index is 1.90. The van der Waals surface area contributed by atoms with Gasteiger partial charge in [-0.2, -0.15) is 0 Å². The third-order valence-electron chi connectivity index (χ3n) is 4.18. The quantitative estimate of drug-likeness (QED) is 0.492. The zero-order chi connectivity index (χ0) is 15.5. The molecule has 1 nitrogen and oxygen atoms in total. The Morgan fingerprint density at radius 2 is 1.09 bits per heavy atom. The van der Waals surface area contributed by atoms with Gasteiger partial charge in [0.15, 0.2) is 0 Å². The largest absolute Gasteiger partial charge is 0.252 e. The van der Waals surface area contributed by atoms with Crippen LogP contribution in [0.2, 0.25) is 0 Å². The first kappa shape index (κ1) is 13.7. The minimum Gasteiger partial charge on any atom is -0.252 e. The molecular formula is C22H17N. The highest BCUT2D eigenvalue weighted by atomic mass is 14.7. The Hall–Kier alpha value is -2.93. The Kier molecular flexibility index (Phi) is 3.61. The molecule has 1 heteroatoms. The highest BCUT2D eigenvalue weighted by molar-refractivity contribution is 5.78. The van der Waals surface area contributed by atoms with E-state index in [0.29, 0.717) is 0 Å². The van der Waals surface area contributed by atoms with E-state index in [4.69, 9.17) is 4.98 Å². The van der Waals surface area contributed by atoms with Gasteiger partial charge in [-0.05, 0) is 23.3 Å². The Bertz CT molecular complexity index is 874. The van der Waals surface area contributed by atoms with E-state index in [1.807, 2.05) is 6.07 Å². The Morgan fingerprint density at radius 3 is 1.74 bits per heavy atom. The molecule has 3 aromatic carbocycles. The van der Waals surface area contributed by atoms with Gasteiger partial charge in [-0.3, -0.25) is 4.98 Å². The monoisotopic (exact) mass is 295 g/mol. The SMILES string of the molecule is c1ccc(C(c2ccccc2)c2ccc3ccccc3n2)cc1. The van der Waals surface area contributed by atoms with Crippen LogP contribution < -0.4 is 0 Å². The van der Waals surface area contributed by atoms with E-state index >= 15 is 0 Å². The van der Waals surface area contributed by atoms with Gasteiger partial charge in [-0.15, -0.1) is 0 Å². The second-order valence-corrected chi connectivity index (χ2v) is 5.68. The number of hydrogen-bond donors (Lipinski definition) is 0. The molecular weight excluding hydrogens is 278 g/mol. The van der Waals surface area contributed by atoms with Gasteiger partial charge >= 0.3 is 0 Å². The summed E-state index contributed by atoms with van der Waals surface area (Å²) in [6, 6.07) is 33.7. The van der Waals surface area contributed by atoms with Crippen LogP contribution in [0.15, 0.2) is 97.1 Å². The fourth-order valence-corrected chi connectivity index (χ4v) is 3.07. The van der Waals surface area contributed by atoms with Crippen molar-refractivity contribution in [3.05, 3.63) is 114 Å². The standard InChI is InChI=1S/C22H17N/c1-3-10-18(11-4-1)22(19-12-5-2-6-13-19)21-16-15-17-9-7-8-14-20(17)23-21/h1-16,22H. The topological polar surface area (TPSA) is 12.9 Å². The third-order valence-corrected chi connectivity index (χ3v) is 4.18. The van der Waals surface area contributed by atoms with Crippen molar-refractivity contribution in [2.45, 2.75) is 5.92 Å². The summed E-state index contributed by atoms with van der Waals surface area (Å²) in [7, 11) is 0. The summed E-state index contributed by atoms with van der Waals surface area (Å²) in [5, 5.41) is 1.18. The fraction of sp³-hybridized carbons (Fsp3) is 0.0455. The van der Waals surface area contributed by atoms with Gasteiger partial charge in [0.25, 0.3) is 0 Å². The lowest BCUT2D eigenvalue weighted by Crippen LogP contribution is -2.05. The predicted molar refractivity (Wildman–Crippen MR) is 95.6 cm³/mol. The Labute approximate surface area is 136 Å². The number of fused-ring (bicyclic) bond motifs is 1. The maximum absolute atomic E-state index is 4.93. The van der Waals surface area contributed by atoms with E-state index in [-0.39, 0.29) is 5.92 Å². The van der Waals surface area contributed by atoms with Crippen LogP contribution in [0, 0.1) is 0 Å². The molecule has 4 rings (SSSR count). The first-order valence-corrected chi connectivity index (χ1v) is 7.87. The lowest BCUT2D eigenvalue weighted by atomic mass is 9.88. The van der Waals surface area contributed by atoms with E-state index in [1.165, 1.54) is 16.5 Å². The van der Waals surface area contributed by atoms with Crippen LogP contribution in [0.3, 0.4) is 0 Å². The molecule has 0 atom stereocenters. The van der Waals surface area contributed by atoms with Gasteiger partial charge in [0, 0.05) is 5.39 Å². The molecule has 0 saturated carbocycles. The minimum absolute atomic E-state index is 0.155.